The first-order valence-corrected chi connectivity index (χ1v) is 4.84. The molecule has 0 aliphatic carbocycles. The van der Waals surface area contributed by atoms with Crippen LogP contribution < -0.4 is 0 Å². The molecule has 68 valence electrons. The van der Waals surface area contributed by atoms with Gasteiger partial charge in [-0.1, -0.05) is 38.0 Å². The van der Waals surface area contributed by atoms with Crippen LogP contribution in [0.3, 0.4) is 0 Å². The summed E-state index contributed by atoms with van der Waals surface area (Å²) < 4.78 is 0. The van der Waals surface area contributed by atoms with Gasteiger partial charge in [0.1, 0.15) is 0 Å². The fourth-order valence-electron chi connectivity index (χ4n) is 0.958. The lowest BCUT2D eigenvalue weighted by molar-refractivity contribution is 0.729. The van der Waals surface area contributed by atoms with Crippen LogP contribution in [0.2, 0.25) is 0 Å². The summed E-state index contributed by atoms with van der Waals surface area (Å²) in [4.78, 5) is 0. The molecule has 0 aromatic heterocycles. The van der Waals surface area contributed by atoms with Gasteiger partial charge in [-0.05, 0) is 32.1 Å². The Labute approximate surface area is 77.4 Å². The first-order chi connectivity index (χ1) is 5.91. The van der Waals surface area contributed by atoms with E-state index in [0.717, 1.165) is 6.42 Å². The van der Waals surface area contributed by atoms with E-state index >= 15 is 0 Å². The van der Waals surface area contributed by atoms with Gasteiger partial charge in [-0.15, -0.1) is 6.58 Å². The summed E-state index contributed by atoms with van der Waals surface area (Å²) in [5.74, 6) is 0. The predicted octanol–water partition coefficient (Wildman–Crippen LogP) is 4.11. The van der Waals surface area contributed by atoms with Gasteiger partial charge >= 0.3 is 0 Å². The highest BCUT2D eigenvalue weighted by atomic mass is 13.9. The normalized spacial score (nSPS) is 10.8. The maximum atomic E-state index is 3.62. The van der Waals surface area contributed by atoms with Crippen LogP contribution in [-0.2, 0) is 0 Å². The molecule has 0 rings (SSSR count). The molecular weight excluding hydrogens is 144 g/mol. The number of allylic oxidation sites excluding steroid dienone is 3. The molecule has 0 aliphatic heterocycles. The van der Waals surface area contributed by atoms with Gasteiger partial charge < -0.3 is 0 Å². The van der Waals surface area contributed by atoms with E-state index in [4.69, 9.17) is 0 Å². The van der Waals surface area contributed by atoms with E-state index in [2.05, 4.69) is 38.5 Å². The number of hydrogen-bond donors (Lipinski definition) is 0. The van der Waals surface area contributed by atoms with Crippen molar-refractivity contribution < 1.29 is 0 Å². The Morgan fingerprint density at radius 1 is 1.17 bits per heavy atom. The molecule has 0 aromatic carbocycles. The molecule has 0 bridgehead atoms. The van der Waals surface area contributed by atoms with Gasteiger partial charge in [-0.3, -0.25) is 0 Å². The molecule has 0 spiro atoms. The Bertz CT molecular complexity index is 111. The van der Waals surface area contributed by atoms with Crippen LogP contribution in [0.1, 0.15) is 39.0 Å². The molecule has 0 saturated carbocycles. The topological polar surface area (TPSA) is 0 Å². The van der Waals surface area contributed by atoms with Crippen molar-refractivity contribution in [1.82, 2.24) is 0 Å². The van der Waals surface area contributed by atoms with E-state index in [1.54, 1.807) is 0 Å². The molecule has 12 heavy (non-hydrogen) atoms. The molecule has 0 amide bonds. The third-order valence-electron chi connectivity index (χ3n) is 1.69. The maximum Gasteiger partial charge on any atom is -0.0164 e. The van der Waals surface area contributed by atoms with Crippen molar-refractivity contribution in [3.8, 4) is 0 Å². The molecule has 0 N–H and O–H groups in total. The molecule has 0 atom stereocenters. The van der Waals surface area contributed by atoms with Crippen LogP contribution in [0.15, 0.2) is 24.8 Å². The third-order valence-corrected chi connectivity index (χ3v) is 1.69. The Morgan fingerprint density at radius 3 is 2.67 bits per heavy atom. The number of hydrogen-bond acceptors (Lipinski definition) is 0. The molecule has 0 nitrogen and oxygen atoms in total. The summed E-state index contributed by atoms with van der Waals surface area (Å²) in [7, 11) is 0. The van der Waals surface area contributed by atoms with Crippen molar-refractivity contribution in [3.05, 3.63) is 37.6 Å². The molecule has 0 heteroatoms. The van der Waals surface area contributed by atoms with Gasteiger partial charge in [0.2, 0.25) is 0 Å². The summed E-state index contributed by atoms with van der Waals surface area (Å²) in [5, 5.41) is 0. The zero-order valence-corrected chi connectivity index (χ0v) is 8.13. The van der Waals surface area contributed by atoms with Crippen molar-refractivity contribution in [1.29, 1.82) is 0 Å². The van der Waals surface area contributed by atoms with E-state index in [1.807, 2.05) is 6.08 Å². The monoisotopic (exact) mass is 164 g/mol. The average molecular weight is 164 g/mol. The molecule has 0 aromatic rings. The lowest BCUT2D eigenvalue weighted by Gasteiger charge is -1.91. The van der Waals surface area contributed by atoms with Crippen LogP contribution in [0.4, 0.5) is 0 Å². The summed E-state index contributed by atoms with van der Waals surface area (Å²) in [6.07, 6.45) is 16.6. The molecule has 0 heterocycles. The van der Waals surface area contributed by atoms with Crippen molar-refractivity contribution in [2.24, 2.45) is 0 Å². The minimum absolute atomic E-state index is 1.01. The Morgan fingerprint density at radius 2 is 2.00 bits per heavy atom. The second kappa shape index (κ2) is 10.5. The first kappa shape index (κ1) is 11.5. The van der Waals surface area contributed by atoms with Crippen LogP contribution in [0, 0.1) is 12.8 Å². The Hall–Kier alpha value is -0.520. The SMILES string of the molecule is C=C[CH]C[CH]/C=C/CCCCC. The van der Waals surface area contributed by atoms with Gasteiger partial charge in [0.15, 0.2) is 0 Å². The van der Waals surface area contributed by atoms with Crippen LogP contribution in [0.5, 0.6) is 0 Å². The highest BCUT2D eigenvalue weighted by Crippen LogP contribution is 2.01. The van der Waals surface area contributed by atoms with E-state index in [-0.39, 0.29) is 0 Å². The summed E-state index contributed by atoms with van der Waals surface area (Å²) >= 11 is 0. The van der Waals surface area contributed by atoms with Crippen molar-refractivity contribution >= 4 is 0 Å². The standard InChI is InChI=1S/C12H20/c1-3-5-7-9-11-12-10-8-6-4-2/h3,5,9,11-12H,1,4,6-8,10H2,2H3/b12-11+. The molecular formula is C12H20. The zero-order chi connectivity index (χ0) is 9.07. The van der Waals surface area contributed by atoms with Gasteiger partial charge in [0, 0.05) is 0 Å². The number of unbranched alkanes of at least 4 members (excludes halogenated alkanes) is 5. The lowest BCUT2D eigenvalue weighted by atomic mass is 10.1. The molecule has 0 saturated heterocycles. The lowest BCUT2D eigenvalue weighted by Crippen LogP contribution is -1.73. The van der Waals surface area contributed by atoms with E-state index in [0.29, 0.717) is 0 Å². The summed E-state index contributed by atoms with van der Waals surface area (Å²) in [5.41, 5.74) is 0. The predicted molar refractivity (Wildman–Crippen MR) is 56.7 cm³/mol. The molecule has 0 fully saturated rings. The van der Waals surface area contributed by atoms with E-state index < -0.39 is 0 Å². The smallest absolute Gasteiger partial charge is 0.0164 e. The zero-order valence-electron chi connectivity index (χ0n) is 8.13. The summed E-state index contributed by atoms with van der Waals surface area (Å²) in [6.45, 7) is 5.85. The molecule has 2 radical (unpaired) electrons. The van der Waals surface area contributed by atoms with E-state index in [9.17, 15) is 0 Å². The Kier molecular flexibility index (Phi) is 10.0. The molecule has 0 aliphatic rings. The van der Waals surface area contributed by atoms with Crippen molar-refractivity contribution in [3.63, 3.8) is 0 Å². The second-order valence-corrected chi connectivity index (χ2v) is 2.87. The van der Waals surface area contributed by atoms with E-state index in [1.165, 1.54) is 25.7 Å². The maximum absolute atomic E-state index is 3.62. The number of rotatable bonds is 8. The van der Waals surface area contributed by atoms with Gasteiger partial charge in [0.05, 0.1) is 0 Å². The van der Waals surface area contributed by atoms with Crippen molar-refractivity contribution in [2.75, 3.05) is 0 Å². The average Bonchev–Trinajstić information content (AvgIpc) is 2.10. The highest BCUT2D eigenvalue weighted by molar-refractivity contribution is 5.00. The van der Waals surface area contributed by atoms with Crippen molar-refractivity contribution in [2.45, 2.75) is 39.0 Å². The van der Waals surface area contributed by atoms with Gasteiger partial charge in [-0.25, -0.2) is 0 Å². The quantitative estimate of drug-likeness (QED) is 0.474. The van der Waals surface area contributed by atoms with Gasteiger partial charge in [0.25, 0.3) is 0 Å². The second-order valence-electron chi connectivity index (χ2n) is 2.87. The Balaban J connectivity index is 2.98. The van der Waals surface area contributed by atoms with Gasteiger partial charge in [-0.2, -0.15) is 0 Å². The first-order valence-electron chi connectivity index (χ1n) is 4.84. The third kappa shape index (κ3) is 9.48. The molecule has 0 unspecified atom stereocenters. The minimum Gasteiger partial charge on any atom is -0.103 e. The fraction of sp³-hybridized carbons (Fsp3) is 0.500. The highest BCUT2D eigenvalue weighted by Gasteiger charge is 1.82. The van der Waals surface area contributed by atoms with Crippen LogP contribution in [-0.4, -0.2) is 0 Å². The van der Waals surface area contributed by atoms with Crippen LogP contribution >= 0.6 is 0 Å². The minimum atomic E-state index is 1.01. The fourth-order valence-corrected chi connectivity index (χ4v) is 0.958. The van der Waals surface area contributed by atoms with Crippen LogP contribution in [0.25, 0.3) is 0 Å². The largest absolute Gasteiger partial charge is 0.103 e. The summed E-state index contributed by atoms with van der Waals surface area (Å²) in [6, 6.07) is 0.